The van der Waals surface area contributed by atoms with Crippen molar-refractivity contribution in [1.82, 2.24) is 4.90 Å². The van der Waals surface area contributed by atoms with Gasteiger partial charge in [-0.2, -0.15) is 0 Å². The molecule has 0 aromatic heterocycles. The highest BCUT2D eigenvalue weighted by Gasteiger charge is 2.39. The summed E-state index contributed by atoms with van der Waals surface area (Å²) in [6.07, 6.45) is 0. The molecule has 0 bridgehead atoms. The zero-order chi connectivity index (χ0) is 14.3. The summed E-state index contributed by atoms with van der Waals surface area (Å²) >= 11 is 0. The van der Waals surface area contributed by atoms with Gasteiger partial charge in [0.25, 0.3) is 0 Å². The summed E-state index contributed by atoms with van der Waals surface area (Å²) in [5, 5.41) is 9.38. The quantitative estimate of drug-likeness (QED) is 0.888. The topological polar surface area (TPSA) is 32.7 Å². The number of phenols is 1. The van der Waals surface area contributed by atoms with E-state index >= 15 is 0 Å². The second kappa shape index (κ2) is 4.80. The van der Waals surface area contributed by atoms with Crippen LogP contribution in [0.3, 0.4) is 0 Å². The fourth-order valence-electron chi connectivity index (χ4n) is 3.08. The standard InChI is InChI=1S/C16H25NO2/c1-12(13-6-8-14(18)9-7-13)17-10-15(2,3)19-16(4,5)11-17/h6-9,12,18H,10-11H2,1-5H3. The van der Waals surface area contributed by atoms with Crippen LogP contribution in [0.4, 0.5) is 0 Å². The summed E-state index contributed by atoms with van der Waals surface area (Å²) in [7, 11) is 0. The lowest BCUT2D eigenvalue weighted by atomic mass is 9.95. The minimum atomic E-state index is -0.132. The normalized spacial score (nSPS) is 24.1. The van der Waals surface area contributed by atoms with E-state index in [-0.39, 0.29) is 11.2 Å². The Bertz CT molecular complexity index is 421. The van der Waals surface area contributed by atoms with Crippen LogP contribution in [0.25, 0.3) is 0 Å². The molecule has 1 aliphatic rings. The summed E-state index contributed by atoms with van der Waals surface area (Å²) in [5.41, 5.74) is 0.964. The van der Waals surface area contributed by atoms with Crippen molar-refractivity contribution in [3.05, 3.63) is 29.8 Å². The SMILES string of the molecule is CC(c1ccc(O)cc1)N1CC(C)(C)OC(C)(C)C1. The van der Waals surface area contributed by atoms with Crippen LogP contribution in [0.5, 0.6) is 5.75 Å². The summed E-state index contributed by atoms with van der Waals surface area (Å²) in [4.78, 5) is 2.45. The molecule has 0 spiro atoms. The molecular weight excluding hydrogens is 238 g/mol. The van der Waals surface area contributed by atoms with E-state index in [1.165, 1.54) is 5.56 Å². The first-order valence-corrected chi connectivity index (χ1v) is 6.92. The maximum Gasteiger partial charge on any atom is 0.115 e. The first kappa shape index (κ1) is 14.4. The molecule has 3 heteroatoms. The molecule has 1 heterocycles. The van der Waals surface area contributed by atoms with Gasteiger partial charge in [-0.3, -0.25) is 4.90 Å². The van der Waals surface area contributed by atoms with E-state index in [4.69, 9.17) is 4.74 Å². The zero-order valence-corrected chi connectivity index (χ0v) is 12.6. The predicted molar refractivity (Wildman–Crippen MR) is 77.3 cm³/mol. The summed E-state index contributed by atoms with van der Waals surface area (Å²) in [5.74, 6) is 0.318. The van der Waals surface area contributed by atoms with Gasteiger partial charge in [-0.05, 0) is 52.3 Å². The van der Waals surface area contributed by atoms with Crippen LogP contribution in [0, 0.1) is 0 Å². The zero-order valence-electron chi connectivity index (χ0n) is 12.6. The molecule has 3 nitrogen and oxygen atoms in total. The first-order valence-electron chi connectivity index (χ1n) is 6.92. The number of morpholine rings is 1. The van der Waals surface area contributed by atoms with Crippen molar-refractivity contribution in [2.24, 2.45) is 0 Å². The number of aromatic hydroxyl groups is 1. The van der Waals surface area contributed by atoms with Crippen molar-refractivity contribution in [1.29, 1.82) is 0 Å². The third-order valence-electron chi connectivity index (χ3n) is 3.64. The van der Waals surface area contributed by atoms with Gasteiger partial charge in [0.05, 0.1) is 11.2 Å². The van der Waals surface area contributed by atoms with Gasteiger partial charge in [0.1, 0.15) is 5.75 Å². The average molecular weight is 263 g/mol. The van der Waals surface area contributed by atoms with E-state index in [2.05, 4.69) is 39.5 Å². The van der Waals surface area contributed by atoms with Crippen molar-refractivity contribution in [3.8, 4) is 5.75 Å². The maximum absolute atomic E-state index is 9.38. The molecule has 1 aromatic carbocycles. The third kappa shape index (κ3) is 3.48. The van der Waals surface area contributed by atoms with Gasteiger partial charge in [0, 0.05) is 19.1 Å². The van der Waals surface area contributed by atoms with Gasteiger partial charge in [-0.1, -0.05) is 12.1 Å². The van der Waals surface area contributed by atoms with Crippen LogP contribution in [0.2, 0.25) is 0 Å². The Balaban J connectivity index is 2.18. The molecule has 1 N–H and O–H groups in total. The molecule has 1 fully saturated rings. The Morgan fingerprint density at radius 2 is 1.53 bits per heavy atom. The molecule has 1 saturated heterocycles. The second-order valence-electron chi connectivity index (χ2n) is 6.79. The lowest BCUT2D eigenvalue weighted by Gasteiger charge is -2.49. The Morgan fingerprint density at radius 3 is 2.00 bits per heavy atom. The van der Waals surface area contributed by atoms with Gasteiger partial charge in [-0.15, -0.1) is 0 Å². The van der Waals surface area contributed by atoms with E-state index < -0.39 is 0 Å². The maximum atomic E-state index is 9.38. The lowest BCUT2D eigenvalue weighted by molar-refractivity contribution is -0.187. The van der Waals surface area contributed by atoms with Crippen molar-refractivity contribution >= 4 is 0 Å². The van der Waals surface area contributed by atoms with Gasteiger partial charge < -0.3 is 9.84 Å². The van der Waals surface area contributed by atoms with Gasteiger partial charge >= 0.3 is 0 Å². The Morgan fingerprint density at radius 1 is 1.05 bits per heavy atom. The molecule has 106 valence electrons. The van der Waals surface area contributed by atoms with E-state index in [0.717, 1.165) is 13.1 Å². The molecule has 1 unspecified atom stereocenters. The van der Waals surface area contributed by atoms with Crippen LogP contribution in [-0.2, 0) is 4.74 Å². The van der Waals surface area contributed by atoms with E-state index in [0.29, 0.717) is 11.8 Å². The van der Waals surface area contributed by atoms with Crippen LogP contribution in [0.15, 0.2) is 24.3 Å². The highest BCUT2D eigenvalue weighted by molar-refractivity contribution is 5.28. The molecular formula is C16H25NO2. The van der Waals surface area contributed by atoms with Gasteiger partial charge in [-0.25, -0.2) is 0 Å². The van der Waals surface area contributed by atoms with Crippen molar-refractivity contribution in [2.45, 2.75) is 51.9 Å². The monoisotopic (exact) mass is 263 g/mol. The predicted octanol–water partition coefficient (Wildman–Crippen LogP) is 3.34. The Kier molecular flexibility index (Phi) is 3.63. The number of hydrogen-bond donors (Lipinski definition) is 1. The number of phenolic OH excluding ortho intramolecular Hbond substituents is 1. The van der Waals surface area contributed by atoms with Gasteiger partial charge in [0.15, 0.2) is 0 Å². The van der Waals surface area contributed by atoms with Crippen molar-refractivity contribution in [3.63, 3.8) is 0 Å². The summed E-state index contributed by atoms with van der Waals surface area (Å²) < 4.78 is 6.11. The van der Waals surface area contributed by atoms with Crippen LogP contribution >= 0.6 is 0 Å². The van der Waals surface area contributed by atoms with E-state index in [1.54, 1.807) is 12.1 Å². The molecule has 2 rings (SSSR count). The second-order valence-corrected chi connectivity index (χ2v) is 6.79. The molecule has 1 aliphatic heterocycles. The summed E-state index contributed by atoms with van der Waals surface area (Å²) in [6.45, 7) is 12.6. The minimum absolute atomic E-state index is 0.132. The minimum Gasteiger partial charge on any atom is -0.508 e. The van der Waals surface area contributed by atoms with Gasteiger partial charge in [0.2, 0.25) is 0 Å². The van der Waals surface area contributed by atoms with Crippen molar-refractivity contribution < 1.29 is 9.84 Å². The first-order chi connectivity index (χ1) is 8.69. The Labute approximate surface area is 116 Å². The number of ether oxygens (including phenoxy) is 1. The molecule has 19 heavy (non-hydrogen) atoms. The molecule has 0 saturated carbocycles. The average Bonchev–Trinajstić information content (AvgIpc) is 2.25. The largest absolute Gasteiger partial charge is 0.508 e. The summed E-state index contributed by atoms with van der Waals surface area (Å²) in [6, 6.07) is 7.82. The number of nitrogens with zero attached hydrogens (tertiary/aromatic N) is 1. The highest BCUT2D eigenvalue weighted by atomic mass is 16.5. The fraction of sp³-hybridized carbons (Fsp3) is 0.625. The smallest absolute Gasteiger partial charge is 0.115 e. The van der Waals surface area contributed by atoms with Crippen LogP contribution in [-0.4, -0.2) is 34.3 Å². The number of hydrogen-bond acceptors (Lipinski definition) is 3. The highest BCUT2D eigenvalue weighted by Crippen LogP contribution is 2.33. The van der Waals surface area contributed by atoms with Crippen LogP contribution < -0.4 is 0 Å². The number of benzene rings is 1. The van der Waals surface area contributed by atoms with E-state index in [9.17, 15) is 5.11 Å². The lowest BCUT2D eigenvalue weighted by Crippen LogP contribution is -2.57. The molecule has 0 radical (unpaired) electrons. The van der Waals surface area contributed by atoms with Crippen molar-refractivity contribution in [2.75, 3.05) is 13.1 Å². The van der Waals surface area contributed by atoms with Crippen LogP contribution in [0.1, 0.15) is 46.2 Å². The molecule has 0 amide bonds. The third-order valence-corrected chi connectivity index (χ3v) is 3.64. The Hall–Kier alpha value is -1.06. The molecule has 1 aromatic rings. The molecule has 1 atom stereocenters. The molecule has 0 aliphatic carbocycles. The van der Waals surface area contributed by atoms with E-state index in [1.807, 2.05) is 12.1 Å². The number of rotatable bonds is 2. The fourth-order valence-corrected chi connectivity index (χ4v) is 3.08.